The van der Waals surface area contributed by atoms with E-state index in [-0.39, 0.29) is 51.6 Å². The van der Waals surface area contributed by atoms with Crippen LogP contribution in [0.4, 0.5) is 0 Å². The lowest BCUT2D eigenvalue weighted by Crippen LogP contribution is -2.62. The lowest BCUT2D eigenvalue weighted by atomic mass is 10.0. The molecule has 26 N–H and O–H groups in total. The third-order valence-electron chi connectivity index (χ3n) is 16.8. The van der Waals surface area contributed by atoms with E-state index in [1.807, 2.05) is 0 Å². The van der Waals surface area contributed by atoms with Crippen LogP contribution in [0.15, 0.2) is 60.8 Å². The second-order valence-corrected chi connectivity index (χ2v) is 24.9. The molecule has 2 saturated heterocycles. The SMILES string of the molecule is CC(C)[C@H](N)C(=O)N[C@@H](CO)C(=O)N[C@@H](CC(N)=O)C(=O)N[C@@H](CO)C(=O)N[C@@H](CC(N)=O)C(=O)N[C@@H](Cc1c[nH]c2ccccc12)C(=O)N1CCC[C@H]1C(=O)N[C@@H](CO)C(=O)N[C@@H](Cc1ccccc1)C(=O)N1CCC[C@H]1C(=O)N[C@@H](CO)C(=O)N[C@@H](CO)C(=O)NCC(=O)NCC(=O)NCC(N)=O. The Morgan fingerprint density at radius 2 is 0.810 bits per heavy atom. The highest BCUT2D eigenvalue weighted by Crippen LogP contribution is 2.25. The largest absolute Gasteiger partial charge is 0.394 e. The maximum Gasteiger partial charge on any atom is 0.246 e. The van der Waals surface area contributed by atoms with Gasteiger partial charge in [0.1, 0.15) is 66.5 Å². The van der Waals surface area contributed by atoms with Gasteiger partial charge in [0, 0.05) is 43.0 Å². The van der Waals surface area contributed by atoms with Gasteiger partial charge in [-0.25, -0.2) is 0 Å². The van der Waals surface area contributed by atoms with Gasteiger partial charge >= 0.3 is 0 Å². The number of rotatable bonds is 41. The van der Waals surface area contributed by atoms with E-state index in [1.165, 1.54) is 6.20 Å². The van der Waals surface area contributed by atoms with Crippen molar-refractivity contribution in [2.24, 2.45) is 28.9 Å². The molecule has 12 atom stereocenters. The molecule has 2 fully saturated rings. The van der Waals surface area contributed by atoms with Gasteiger partial charge in [-0.05, 0) is 48.8 Å². The lowest BCUT2D eigenvalue weighted by molar-refractivity contribution is -0.144. The second-order valence-electron chi connectivity index (χ2n) is 24.9. The number of benzene rings is 2. The molecular weight excluding hydrogens is 1390 g/mol. The van der Waals surface area contributed by atoms with Crippen LogP contribution in [0.25, 0.3) is 10.9 Å². The van der Waals surface area contributed by atoms with Crippen LogP contribution in [0.1, 0.15) is 63.5 Å². The molecule has 17 amide bonds. The Kier molecular flexibility index (Phi) is 33.1. The first kappa shape index (κ1) is 84.4. The highest BCUT2D eigenvalue weighted by atomic mass is 16.3. The maximum atomic E-state index is 15.0. The summed E-state index contributed by atoms with van der Waals surface area (Å²) in [4.78, 5) is 231. The smallest absolute Gasteiger partial charge is 0.246 e. The average molecular weight is 1480 g/mol. The number of amides is 17. The van der Waals surface area contributed by atoms with Crippen molar-refractivity contribution in [2.45, 2.75) is 138 Å². The number of para-hydroxylation sites is 1. The van der Waals surface area contributed by atoms with Crippen LogP contribution in [-0.2, 0) is 94.3 Å². The Balaban J connectivity index is 1.30. The van der Waals surface area contributed by atoms with Gasteiger partial charge in [-0.15, -0.1) is 0 Å². The van der Waals surface area contributed by atoms with Crippen LogP contribution >= 0.6 is 0 Å². The number of aliphatic hydroxyl groups excluding tert-OH is 5. The first-order chi connectivity index (χ1) is 49.8. The van der Waals surface area contributed by atoms with Gasteiger partial charge in [-0.3, -0.25) is 81.5 Å². The number of aromatic nitrogens is 1. The Morgan fingerprint density at radius 3 is 1.25 bits per heavy atom. The first-order valence-electron chi connectivity index (χ1n) is 33.2. The van der Waals surface area contributed by atoms with E-state index in [4.69, 9.17) is 22.9 Å². The number of fused-ring (bicyclic) bond motifs is 1. The van der Waals surface area contributed by atoms with Crippen molar-refractivity contribution in [1.82, 2.24) is 78.6 Å². The van der Waals surface area contributed by atoms with Gasteiger partial charge in [0.15, 0.2) is 0 Å². The third-order valence-corrected chi connectivity index (χ3v) is 16.8. The van der Waals surface area contributed by atoms with Gasteiger partial charge in [-0.1, -0.05) is 62.4 Å². The van der Waals surface area contributed by atoms with Crippen molar-refractivity contribution in [3.05, 3.63) is 71.9 Å². The molecule has 105 heavy (non-hydrogen) atoms. The lowest BCUT2D eigenvalue weighted by Gasteiger charge is -2.31. The van der Waals surface area contributed by atoms with Crippen LogP contribution in [0.2, 0.25) is 0 Å². The molecular formula is C64H91N19O22. The molecule has 0 spiro atoms. The number of aromatic amines is 1. The number of aliphatic hydroxyl groups is 5. The van der Waals surface area contributed by atoms with E-state index in [0.29, 0.717) is 22.0 Å². The number of H-pyrrole nitrogens is 1. The van der Waals surface area contributed by atoms with E-state index >= 15 is 4.79 Å². The summed E-state index contributed by atoms with van der Waals surface area (Å²) in [5, 5.41) is 78.7. The van der Waals surface area contributed by atoms with Crippen LogP contribution in [-0.4, -0.2) is 279 Å². The molecule has 41 nitrogen and oxygen atoms in total. The summed E-state index contributed by atoms with van der Waals surface area (Å²) in [6.07, 6.45) is -0.596. The van der Waals surface area contributed by atoms with Gasteiger partial charge in [0.05, 0.1) is 71.6 Å². The van der Waals surface area contributed by atoms with E-state index in [9.17, 15) is 102 Å². The summed E-state index contributed by atoms with van der Waals surface area (Å²) in [7, 11) is 0. The summed E-state index contributed by atoms with van der Waals surface area (Å²) in [6, 6.07) is -5.03. The van der Waals surface area contributed by atoms with Crippen molar-refractivity contribution in [2.75, 3.05) is 65.8 Å². The zero-order valence-corrected chi connectivity index (χ0v) is 57.4. The molecule has 3 aromatic rings. The summed E-state index contributed by atoms with van der Waals surface area (Å²) in [6.45, 7) is -4.28. The Bertz CT molecular complexity index is 3650. The van der Waals surface area contributed by atoms with E-state index in [2.05, 4.69) is 68.8 Å². The number of likely N-dealkylation sites (tertiary alicyclic amines) is 2. The van der Waals surface area contributed by atoms with Crippen molar-refractivity contribution in [3.63, 3.8) is 0 Å². The quantitative estimate of drug-likeness (QED) is 0.0251. The number of nitrogens with zero attached hydrogens (tertiary/aromatic N) is 2. The van der Waals surface area contributed by atoms with Crippen molar-refractivity contribution in [3.8, 4) is 0 Å². The van der Waals surface area contributed by atoms with Crippen molar-refractivity contribution in [1.29, 1.82) is 0 Å². The fraction of sp³-hybridized carbons (Fsp3) is 0.516. The van der Waals surface area contributed by atoms with Gasteiger partial charge in [0.25, 0.3) is 0 Å². The molecule has 0 radical (unpaired) electrons. The van der Waals surface area contributed by atoms with Crippen LogP contribution in [0.5, 0.6) is 0 Å². The van der Waals surface area contributed by atoms with E-state index < -0.39 is 244 Å². The molecule has 0 unspecified atom stereocenters. The third kappa shape index (κ3) is 25.3. The molecule has 2 aliphatic rings. The zero-order valence-electron chi connectivity index (χ0n) is 57.4. The minimum atomic E-state index is -2.02. The minimum Gasteiger partial charge on any atom is -0.394 e. The number of carbonyl (C=O) groups excluding carboxylic acids is 17. The van der Waals surface area contributed by atoms with E-state index in [1.54, 1.807) is 68.4 Å². The highest BCUT2D eigenvalue weighted by molar-refractivity contribution is 6.02. The predicted octanol–water partition coefficient (Wildman–Crippen LogP) is -12.2. The number of carbonyl (C=O) groups is 17. The summed E-state index contributed by atoms with van der Waals surface area (Å²) < 4.78 is 0. The number of primary amides is 3. The Hall–Kier alpha value is -11.3. The highest BCUT2D eigenvalue weighted by Gasteiger charge is 2.43. The molecule has 41 heteroatoms. The van der Waals surface area contributed by atoms with Crippen molar-refractivity contribution < 1.29 is 107 Å². The maximum absolute atomic E-state index is 15.0. The normalized spacial score (nSPS) is 16.8. The molecule has 3 heterocycles. The minimum absolute atomic E-state index is 0.00268. The monoisotopic (exact) mass is 1480 g/mol. The van der Waals surface area contributed by atoms with E-state index in [0.717, 1.165) is 9.80 Å². The van der Waals surface area contributed by atoms with Crippen LogP contribution in [0.3, 0.4) is 0 Å². The molecule has 0 aliphatic carbocycles. The van der Waals surface area contributed by atoms with Crippen LogP contribution < -0.4 is 86.7 Å². The molecule has 2 aliphatic heterocycles. The van der Waals surface area contributed by atoms with Gasteiger partial charge in [0.2, 0.25) is 100 Å². The van der Waals surface area contributed by atoms with Crippen molar-refractivity contribution >= 4 is 111 Å². The fourth-order valence-corrected chi connectivity index (χ4v) is 11.1. The molecule has 0 saturated carbocycles. The van der Waals surface area contributed by atoms with Crippen LogP contribution in [0, 0.1) is 5.92 Å². The number of nitrogens with two attached hydrogens (primary N) is 4. The number of nitrogens with one attached hydrogen (secondary N) is 13. The topological polar surface area (TPSA) is 662 Å². The summed E-state index contributed by atoms with van der Waals surface area (Å²) >= 11 is 0. The predicted molar refractivity (Wildman–Crippen MR) is 363 cm³/mol. The summed E-state index contributed by atoms with van der Waals surface area (Å²) in [5.41, 5.74) is 23.2. The summed E-state index contributed by atoms with van der Waals surface area (Å²) in [5.74, 6) is -18.4. The first-order valence-corrected chi connectivity index (χ1v) is 33.2. The molecule has 574 valence electrons. The number of hydrogen-bond acceptors (Lipinski definition) is 23. The standard InChI is InChI=1S/C64H91N19O22/c1-31(2)52(68)62(103)81-44(30-88)57(98)74-37(21-48(66)90)55(96)78-41(27-85)56(97)73-36(20-47(65)89)54(95)76-39(19-33-22-69-35-13-7-6-12-34(33)35)64(105)83-17-9-15-46(83)61(102)79-42(28-86)58(99)75-38(18-32-10-4-3-5-11-32)63(104)82-16-8-14-45(82)60(101)80-43(29-87)59(100)77-40(26-84)53(94)72-25-51(93)71-24-50(92)70-23-49(67)91/h3-7,10-13,22,31,36-46,52,69,84-88H,8-9,14-21,23-30,68H2,1-2H3,(H2,65,89)(H2,66,90)(H2,67,91)(H,70,92)(H,71,93)(H,72,94)(H,73,97)(H,74,98)(H,75,99)(H,76,95)(H,77,100)(H,78,96)(H,79,102)(H,80,101)(H,81,103)/t36-,37-,38-,39-,40-,41-,42-,43-,44-,45-,46-,52-/m0/s1. The average Bonchev–Trinajstić information content (AvgIpc) is 1.70. The fourth-order valence-electron chi connectivity index (χ4n) is 11.1. The molecule has 0 bridgehead atoms. The molecule has 2 aromatic carbocycles. The number of hydrogen-bond donors (Lipinski definition) is 22. The van der Waals surface area contributed by atoms with Gasteiger partial charge in [-0.2, -0.15) is 0 Å². The second kappa shape index (κ2) is 41.1. The Labute approximate surface area is 599 Å². The Morgan fingerprint density at radius 1 is 0.438 bits per heavy atom. The molecule has 1 aromatic heterocycles. The van der Waals surface area contributed by atoms with Gasteiger partial charge < -0.3 is 127 Å². The zero-order chi connectivity index (χ0) is 77.8. The molecule has 5 rings (SSSR count).